The number of hydrogen-bond donors (Lipinski definition) is 1. The summed E-state index contributed by atoms with van der Waals surface area (Å²) in [6.07, 6.45) is 18.1. The molecule has 8 nitrogen and oxygen atoms in total. The summed E-state index contributed by atoms with van der Waals surface area (Å²) in [6.45, 7) is 17.8. The number of allylic oxidation sites excluding steroid dienone is 6. The van der Waals surface area contributed by atoms with E-state index in [2.05, 4.69) is 38.8 Å². The summed E-state index contributed by atoms with van der Waals surface area (Å²) < 4.78 is 4.83. The van der Waals surface area contributed by atoms with Gasteiger partial charge in [0.05, 0.1) is 19.0 Å². The summed E-state index contributed by atoms with van der Waals surface area (Å²) >= 11 is 0. The zero-order valence-corrected chi connectivity index (χ0v) is 21.5. The first kappa shape index (κ1) is 31.7. The van der Waals surface area contributed by atoms with Crippen LogP contribution < -0.4 is 5.32 Å². The molecule has 0 fully saturated rings. The maximum Gasteiger partial charge on any atom is 0.158 e. The zero-order chi connectivity index (χ0) is 25.5. The first-order chi connectivity index (χ1) is 15.9. The second kappa shape index (κ2) is 21.7. The van der Waals surface area contributed by atoms with Crippen LogP contribution in [0.2, 0.25) is 0 Å². The van der Waals surface area contributed by atoms with Crippen molar-refractivity contribution in [3.8, 4) is 0 Å². The standard InChI is InChI=1S/C13H17N3.C10H18N4O.C2H6/c1-4-5-6-7-11(2)13-15-9-12(8-14-3)10-16-13;1-6-12-14(7-8-15-5)10(2)9-13(4)11-3;1-2/h4-7,9-10,14H,2,8H2,1,3H3;6-9H,3H2,1-2,4-5H3;1-2H3/b5-4-,7-6-;8-7-,10-9+,12-6+;. The molecule has 33 heavy (non-hydrogen) atoms. The number of nitrogens with one attached hydrogen (secondary N) is 1. The molecule has 0 saturated carbocycles. The smallest absolute Gasteiger partial charge is 0.158 e. The van der Waals surface area contributed by atoms with E-state index >= 15 is 0 Å². The molecule has 182 valence electrons. The molecule has 0 atom stereocenters. The van der Waals surface area contributed by atoms with Crippen LogP contribution in [-0.2, 0) is 11.3 Å². The third-order valence-corrected chi connectivity index (χ3v) is 3.51. The highest BCUT2D eigenvalue weighted by Gasteiger charge is 2.00. The number of hydrazone groups is 2. The van der Waals surface area contributed by atoms with Gasteiger partial charge >= 0.3 is 0 Å². The molecule has 0 aliphatic rings. The van der Waals surface area contributed by atoms with Crippen LogP contribution in [-0.4, -0.2) is 54.1 Å². The van der Waals surface area contributed by atoms with Crippen molar-refractivity contribution >= 4 is 18.5 Å². The average molecular weight is 456 g/mol. The average Bonchev–Trinajstić information content (AvgIpc) is 2.84. The fourth-order valence-corrected chi connectivity index (χ4v) is 2.03. The van der Waals surface area contributed by atoms with Gasteiger partial charge in [0.15, 0.2) is 5.82 Å². The van der Waals surface area contributed by atoms with Crippen LogP contribution in [0.15, 0.2) is 77.8 Å². The normalized spacial score (nSPS) is 11.2. The molecule has 0 spiro atoms. The summed E-state index contributed by atoms with van der Waals surface area (Å²) in [5.74, 6) is 0.667. The van der Waals surface area contributed by atoms with Gasteiger partial charge in [0.1, 0.15) is 6.26 Å². The number of ether oxygens (including phenoxy) is 1. The topological polar surface area (TPSA) is 78.2 Å². The molecule has 0 radical (unpaired) electrons. The van der Waals surface area contributed by atoms with E-state index < -0.39 is 0 Å². The molecular formula is C25H41N7O. The van der Waals surface area contributed by atoms with Crippen molar-refractivity contribution in [2.24, 2.45) is 10.2 Å². The quantitative estimate of drug-likeness (QED) is 0.214. The minimum Gasteiger partial charge on any atom is -0.503 e. The summed E-state index contributed by atoms with van der Waals surface area (Å²) in [5.41, 5.74) is 2.78. The van der Waals surface area contributed by atoms with Gasteiger partial charge in [-0.3, -0.25) is 5.01 Å². The Hall–Kier alpha value is -3.52. The predicted molar refractivity (Wildman–Crippen MR) is 142 cm³/mol. The van der Waals surface area contributed by atoms with Crippen molar-refractivity contribution in [1.29, 1.82) is 0 Å². The lowest BCUT2D eigenvalue weighted by atomic mass is 10.2. The Morgan fingerprint density at radius 2 is 1.85 bits per heavy atom. The Labute approximate surface area is 200 Å². The van der Waals surface area contributed by atoms with Crippen LogP contribution in [0.3, 0.4) is 0 Å². The number of methoxy groups -OCH3 is 1. The van der Waals surface area contributed by atoms with Crippen molar-refractivity contribution < 1.29 is 4.74 Å². The van der Waals surface area contributed by atoms with Gasteiger partial charge in [0, 0.05) is 56.3 Å². The van der Waals surface area contributed by atoms with Gasteiger partial charge in [-0.25, -0.2) is 15.0 Å². The lowest BCUT2D eigenvalue weighted by Gasteiger charge is -2.16. The number of hydrogen-bond acceptors (Lipinski definition) is 8. The zero-order valence-electron chi connectivity index (χ0n) is 21.5. The molecule has 1 N–H and O–H groups in total. The second-order valence-corrected chi connectivity index (χ2v) is 6.08. The highest BCUT2D eigenvalue weighted by Crippen LogP contribution is 2.08. The number of nitrogens with zero attached hydrogens (tertiary/aromatic N) is 6. The van der Waals surface area contributed by atoms with Gasteiger partial charge in [-0.05, 0) is 27.8 Å². The summed E-state index contributed by atoms with van der Waals surface area (Å²) in [4.78, 5) is 8.50. The van der Waals surface area contributed by atoms with Gasteiger partial charge in [-0.1, -0.05) is 44.7 Å². The summed E-state index contributed by atoms with van der Waals surface area (Å²) in [6, 6.07) is 0. The SMILES string of the molecule is C=C(/C=C\C=C/C)c1ncc(CNC)cn1.C=NN(C)/C=C(\C)N(/C=C\OC)/N=C/C.CC. The Morgan fingerprint density at radius 3 is 2.33 bits per heavy atom. The van der Waals surface area contributed by atoms with E-state index in [-0.39, 0.29) is 0 Å². The second-order valence-electron chi connectivity index (χ2n) is 6.08. The van der Waals surface area contributed by atoms with Crippen LogP contribution >= 0.6 is 0 Å². The van der Waals surface area contributed by atoms with E-state index in [0.29, 0.717) is 5.82 Å². The van der Waals surface area contributed by atoms with Crippen molar-refractivity contribution in [1.82, 2.24) is 25.3 Å². The molecule has 0 unspecified atom stereocenters. The Kier molecular flexibility index (Phi) is 20.8. The molecule has 1 rings (SSSR count). The molecule has 0 aromatic carbocycles. The van der Waals surface area contributed by atoms with Crippen molar-refractivity contribution in [2.75, 3.05) is 21.2 Å². The lowest BCUT2D eigenvalue weighted by molar-refractivity contribution is 0.324. The number of rotatable bonds is 11. The van der Waals surface area contributed by atoms with E-state index in [9.17, 15) is 0 Å². The molecule has 0 aliphatic heterocycles. The Bertz CT molecular complexity index is 793. The monoisotopic (exact) mass is 455 g/mol. The lowest BCUT2D eigenvalue weighted by Crippen LogP contribution is -2.11. The van der Waals surface area contributed by atoms with E-state index in [0.717, 1.165) is 23.4 Å². The van der Waals surface area contributed by atoms with Crippen molar-refractivity contribution in [3.05, 3.63) is 79.0 Å². The van der Waals surface area contributed by atoms with Gasteiger partial charge in [-0.15, -0.1) is 0 Å². The molecule has 1 heterocycles. The fourth-order valence-electron chi connectivity index (χ4n) is 2.03. The Morgan fingerprint density at radius 1 is 1.21 bits per heavy atom. The van der Waals surface area contributed by atoms with Gasteiger partial charge in [0.25, 0.3) is 0 Å². The van der Waals surface area contributed by atoms with Crippen LogP contribution in [0.25, 0.3) is 5.57 Å². The van der Waals surface area contributed by atoms with E-state index in [1.807, 2.05) is 78.4 Å². The van der Waals surface area contributed by atoms with Crippen LogP contribution in [0.5, 0.6) is 0 Å². The number of aromatic nitrogens is 2. The van der Waals surface area contributed by atoms with Gasteiger partial charge < -0.3 is 10.1 Å². The summed E-state index contributed by atoms with van der Waals surface area (Å²) in [5, 5.41) is 14.2. The minimum absolute atomic E-state index is 0.667. The molecule has 1 aromatic heterocycles. The largest absolute Gasteiger partial charge is 0.503 e. The molecule has 1 aromatic rings. The van der Waals surface area contributed by atoms with E-state index in [4.69, 9.17) is 4.74 Å². The van der Waals surface area contributed by atoms with Gasteiger partial charge in [0.2, 0.25) is 0 Å². The first-order valence-electron chi connectivity index (χ1n) is 10.7. The highest BCUT2D eigenvalue weighted by molar-refractivity contribution is 5.67. The van der Waals surface area contributed by atoms with Crippen LogP contribution in [0.1, 0.15) is 46.0 Å². The molecular weight excluding hydrogens is 414 g/mol. The van der Waals surface area contributed by atoms with Crippen molar-refractivity contribution in [3.63, 3.8) is 0 Å². The maximum atomic E-state index is 4.83. The molecule has 0 saturated heterocycles. The van der Waals surface area contributed by atoms with Crippen LogP contribution in [0, 0.1) is 0 Å². The third-order valence-electron chi connectivity index (χ3n) is 3.51. The predicted octanol–water partition coefficient (Wildman–Crippen LogP) is 5.19. The Balaban J connectivity index is 0. The van der Waals surface area contributed by atoms with Gasteiger partial charge in [-0.2, -0.15) is 10.2 Å². The van der Waals surface area contributed by atoms with Crippen molar-refractivity contribution in [2.45, 2.75) is 41.2 Å². The summed E-state index contributed by atoms with van der Waals surface area (Å²) in [7, 11) is 5.28. The fraction of sp³-hybridized carbons (Fsp3) is 0.360. The molecule has 0 aliphatic carbocycles. The maximum absolute atomic E-state index is 4.83. The van der Waals surface area contributed by atoms with E-state index in [1.165, 1.54) is 0 Å². The van der Waals surface area contributed by atoms with E-state index in [1.54, 1.807) is 49.1 Å². The molecule has 0 amide bonds. The van der Waals surface area contributed by atoms with Crippen LogP contribution in [0.4, 0.5) is 0 Å². The third kappa shape index (κ3) is 15.9. The molecule has 8 heteroatoms. The first-order valence-corrected chi connectivity index (χ1v) is 10.7. The minimum atomic E-state index is 0.667. The molecule has 0 bridgehead atoms. The highest BCUT2D eigenvalue weighted by atomic mass is 16.5.